The summed E-state index contributed by atoms with van der Waals surface area (Å²) in [5.41, 5.74) is 7.94. The number of anilines is 1. The van der Waals surface area contributed by atoms with Gasteiger partial charge in [-0.15, -0.1) is 0 Å². The molecule has 0 aromatic heterocycles. The molecule has 0 unspecified atom stereocenters. The molecule has 1 saturated heterocycles. The van der Waals surface area contributed by atoms with E-state index in [0.29, 0.717) is 0 Å². The van der Waals surface area contributed by atoms with Gasteiger partial charge in [-0.3, -0.25) is 0 Å². The summed E-state index contributed by atoms with van der Waals surface area (Å²) < 4.78 is 14.4. The first kappa shape index (κ1) is 12.9. The van der Waals surface area contributed by atoms with Crippen molar-refractivity contribution in [2.24, 2.45) is 5.73 Å². The molecule has 2 nitrogen and oxygen atoms in total. The Labute approximate surface area is 114 Å². The molecule has 3 rings (SSSR count). The van der Waals surface area contributed by atoms with Crippen molar-refractivity contribution in [3.8, 4) is 0 Å². The molecule has 1 saturated carbocycles. The molecule has 0 amide bonds. The average molecular weight is 262 g/mol. The van der Waals surface area contributed by atoms with Crippen LogP contribution in [0.5, 0.6) is 0 Å². The third kappa shape index (κ3) is 2.36. The van der Waals surface area contributed by atoms with Gasteiger partial charge in [-0.25, -0.2) is 4.39 Å². The van der Waals surface area contributed by atoms with E-state index in [2.05, 4.69) is 4.90 Å². The standard InChI is InChI=1S/C16H23FN2/c17-13-7-6-8-14(19-11-4-5-12-19)15(13)16(18)9-2-1-3-10-16/h6-8H,1-5,9-12,18H2. The van der Waals surface area contributed by atoms with Gasteiger partial charge in [0.2, 0.25) is 0 Å². The van der Waals surface area contributed by atoms with Crippen molar-refractivity contribution >= 4 is 5.69 Å². The Morgan fingerprint density at radius 3 is 2.37 bits per heavy atom. The number of nitrogens with two attached hydrogens (primary N) is 1. The van der Waals surface area contributed by atoms with Gasteiger partial charge in [-0.2, -0.15) is 0 Å². The van der Waals surface area contributed by atoms with Crippen molar-refractivity contribution < 1.29 is 4.39 Å². The van der Waals surface area contributed by atoms with Crippen LogP contribution in [0, 0.1) is 5.82 Å². The topological polar surface area (TPSA) is 29.3 Å². The van der Waals surface area contributed by atoms with Gasteiger partial charge in [0.25, 0.3) is 0 Å². The predicted molar refractivity (Wildman–Crippen MR) is 76.8 cm³/mol. The van der Waals surface area contributed by atoms with Crippen LogP contribution in [-0.2, 0) is 5.54 Å². The molecule has 1 aromatic rings. The zero-order valence-corrected chi connectivity index (χ0v) is 11.5. The van der Waals surface area contributed by atoms with E-state index in [0.717, 1.165) is 50.0 Å². The maximum atomic E-state index is 14.4. The Morgan fingerprint density at radius 1 is 1.00 bits per heavy atom. The number of halogens is 1. The highest BCUT2D eigenvalue weighted by Crippen LogP contribution is 2.41. The fourth-order valence-electron chi connectivity index (χ4n) is 3.66. The highest BCUT2D eigenvalue weighted by atomic mass is 19.1. The van der Waals surface area contributed by atoms with Crippen molar-refractivity contribution in [3.05, 3.63) is 29.6 Å². The summed E-state index contributed by atoms with van der Waals surface area (Å²) in [7, 11) is 0. The fraction of sp³-hybridized carbons (Fsp3) is 0.625. The number of nitrogens with zero attached hydrogens (tertiary/aromatic N) is 1. The SMILES string of the molecule is NC1(c2c(F)cccc2N2CCCC2)CCCCC1. The van der Waals surface area contributed by atoms with Gasteiger partial charge in [0.1, 0.15) is 5.82 Å². The lowest BCUT2D eigenvalue weighted by Gasteiger charge is -2.37. The zero-order chi connectivity index (χ0) is 13.3. The summed E-state index contributed by atoms with van der Waals surface area (Å²) in [5.74, 6) is -0.117. The molecule has 0 bridgehead atoms. The molecular weight excluding hydrogens is 239 g/mol. The number of benzene rings is 1. The highest BCUT2D eigenvalue weighted by Gasteiger charge is 2.35. The van der Waals surface area contributed by atoms with Crippen LogP contribution < -0.4 is 10.6 Å². The molecule has 1 aliphatic carbocycles. The van der Waals surface area contributed by atoms with Crippen LogP contribution in [0.1, 0.15) is 50.5 Å². The van der Waals surface area contributed by atoms with Gasteiger partial charge in [-0.05, 0) is 37.8 Å². The number of hydrogen-bond donors (Lipinski definition) is 1. The van der Waals surface area contributed by atoms with E-state index >= 15 is 0 Å². The molecule has 1 aliphatic heterocycles. The molecule has 2 N–H and O–H groups in total. The van der Waals surface area contributed by atoms with Gasteiger partial charge in [0.15, 0.2) is 0 Å². The van der Waals surface area contributed by atoms with Crippen LogP contribution in [0.4, 0.5) is 10.1 Å². The molecule has 3 heteroatoms. The second-order valence-electron chi connectivity index (χ2n) is 6.04. The molecule has 1 aromatic carbocycles. The monoisotopic (exact) mass is 262 g/mol. The first-order valence-corrected chi connectivity index (χ1v) is 7.53. The number of rotatable bonds is 2. The van der Waals surface area contributed by atoms with Crippen LogP contribution in [0.3, 0.4) is 0 Å². The normalized spacial score (nSPS) is 22.7. The van der Waals surface area contributed by atoms with E-state index in [9.17, 15) is 4.39 Å². The molecule has 2 fully saturated rings. The minimum Gasteiger partial charge on any atom is -0.371 e. The maximum Gasteiger partial charge on any atom is 0.130 e. The average Bonchev–Trinajstić information content (AvgIpc) is 2.93. The first-order chi connectivity index (χ1) is 9.21. The minimum atomic E-state index is -0.457. The summed E-state index contributed by atoms with van der Waals surface area (Å²) in [5, 5.41) is 0. The van der Waals surface area contributed by atoms with Gasteiger partial charge in [0.05, 0.1) is 0 Å². The van der Waals surface area contributed by atoms with E-state index < -0.39 is 5.54 Å². The lowest BCUT2D eigenvalue weighted by atomic mass is 9.76. The van der Waals surface area contributed by atoms with Crippen LogP contribution in [0.2, 0.25) is 0 Å². The Bertz CT molecular complexity index is 446. The molecule has 0 spiro atoms. The molecule has 1 heterocycles. The second-order valence-corrected chi connectivity index (χ2v) is 6.04. The van der Waals surface area contributed by atoms with Crippen molar-refractivity contribution in [3.63, 3.8) is 0 Å². The van der Waals surface area contributed by atoms with Crippen molar-refractivity contribution in [2.45, 2.75) is 50.5 Å². The van der Waals surface area contributed by atoms with Crippen LogP contribution in [0.25, 0.3) is 0 Å². The first-order valence-electron chi connectivity index (χ1n) is 7.53. The molecule has 104 valence electrons. The van der Waals surface area contributed by atoms with Gasteiger partial charge >= 0.3 is 0 Å². The van der Waals surface area contributed by atoms with E-state index in [-0.39, 0.29) is 5.82 Å². The molecule has 2 aliphatic rings. The van der Waals surface area contributed by atoms with Crippen molar-refractivity contribution in [1.82, 2.24) is 0 Å². The smallest absolute Gasteiger partial charge is 0.130 e. The summed E-state index contributed by atoms with van der Waals surface area (Å²) >= 11 is 0. The zero-order valence-electron chi connectivity index (χ0n) is 11.5. The third-order valence-corrected chi connectivity index (χ3v) is 4.68. The van der Waals surface area contributed by atoms with Gasteiger partial charge in [-0.1, -0.05) is 25.3 Å². The quantitative estimate of drug-likeness (QED) is 0.883. The van der Waals surface area contributed by atoms with E-state index in [4.69, 9.17) is 5.73 Å². The summed E-state index contributed by atoms with van der Waals surface area (Å²) in [6, 6.07) is 5.43. The number of hydrogen-bond acceptors (Lipinski definition) is 2. The third-order valence-electron chi connectivity index (χ3n) is 4.68. The van der Waals surface area contributed by atoms with Gasteiger partial charge in [0, 0.05) is 29.9 Å². The molecule has 0 radical (unpaired) electrons. The summed E-state index contributed by atoms with van der Waals surface area (Å²) in [6.45, 7) is 2.07. The Balaban J connectivity index is 2.02. The largest absolute Gasteiger partial charge is 0.371 e. The van der Waals surface area contributed by atoms with E-state index in [1.165, 1.54) is 19.3 Å². The fourth-order valence-corrected chi connectivity index (χ4v) is 3.66. The molecular formula is C16H23FN2. The minimum absolute atomic E-state index is 0.117. The van der Waals surface area contributed by atoms with Crippen molar-refractivity contribution in [2.75, 3.05) is 18.0 Å². The highest BCUT2D eigenvalue weighted by molar-refractivity contribution is 5.58. The Morgan fingerprint density at radius 2 is 1.68 bits per heavy atom. The van der Waals surface area contributed by atoms with Crippen LogP contribution in [0.15, 0.2) is 18.2 Å². The van der Waals surface area contributed by atoms with E-state index in [1.54, 1.807) is 6.07 Å². The Kier molecular flexibility index (Phi) is 3.48. The lowest BCUT2D eigenvalue weighted by Crippen LogP contribution is -2.41. The predicted octanol–water partition coefficient (Wildman–Crippen LogP) is 3.54. The van der Waals surface area contributed by atoms with Gasteiger partial charge < -0.3 is 10.6 Å². The summed E-state index contributed by atoms with van der Waals surface area (Å²) in [6.07, 6.45) is 7.69. The molecule has 19 heavy (non-hydrogen) atoms. The summed E-state index contributed by atoms with van der Waals surface area (Å²) in [4.78, 5) is 2.31. The maximum absolute atomic E-state index is 14.4. The van der Waals surface area contributed by atoms with Crippen LogP contribution in [-0.4, -0.2) is 13.1 Å². The van der Waals surface area contributed by atoms with Crippen LogP contribution >= 0.6 is 0 Å². The molecule has 0 atom stereocenters. The van der Waals surface area contributed by atoms with E-state index in [1.807, 2.05) is 12.1 Å². The van der Waals surface area contributed by atoms with Crippen molar-refractivity contribution in [1.29, 1.82) is 0 Å². The second kappa shape index (κ2) is 5.12. The lowest BCUT2D eigenvalue weighted by molar-refractivity contribution is 0.293. The Hall–Kier alpha value is -1.09.